The molecule has 0 aliphatic heterocycles. The maximum atomic E-state index is 0. The minimum atomic E-state index is 0. The monoisotopic (exact) mass is 446 g/mol. The fourth-order valence-electron chi connectivity index (χ4n) is 0. The number of hydrogen-bond acceptors (Lipinski definition) is 0. The quantitative estimate of drug-likeness (QED) is 0.416. The summed E-state index contributed by atoms with van der Waals surface area (Å²) in [6.07, 6.45) is 0. The fourth-order valence-corrected chi connectivity index (χ4v) is 0. The molecule has 0 saturated heterocycles. The average Bonchev–Trinajstić information content (AvgIpc) is 0. The summed E-state index contributed by atoms with van der Waals surface area (Å²) in [5.74, 6) is 0. The van der Waals surface area contributed by atoms with E-state index in [2.05, 4.69) is 0 Å². The number of hydrogen-bond donors (Lipinski definition) is 0. The van der Waals surface area contributed by atoms with Crippen LogP contribution in [0.2, 0.25) is 0 Å². The Hall–Kier alpha value is 2.81. The van der Waals surface area contributed by atoms with Crippen molar-refractivity contribution in [1.29, 1.82) is 0 Å². The van der Waals surface area contributed by atoms with Crippen LogP contribution in [0, 0.1) is 0 Å². The van der Waals surface area contributed by atoms with Crippen LogP contribution in [0.4, 0.5) is 0 Å². The van der Waals surface area contributed by atoms with Crippen LogP contribution in [0.5, 0.6) is 0 Å². The van der Waals surface area contributed by atoms with Crippen molar-refractivity contribution < 1.29 is 39.0 Å². The number of rotatable bonds is 0. The third-order valence-electron chi connectivity index (χ3n) is 0. The summed E-state index contributed by atoms with van der Waals surface area (Å²) in [7, 11) is 0. The Morgan fingerprint density at radius 2 is 0.400 bits per heavy atom. The zero-order valence-electron chi connectivity index (χ0n) is 1.89. The molecule has 0 N–H and O–H groups in total. The van der Waals surface area contributed by atoms with Crippen molar-refractivity contribution >= 4 is 51.2 Å². The van der Waals surface area contributed by atoms with Gasteiger partial charge in [0.05, 0.1) is 0 Å². The molecule has 0 bridgehead atoms. The SMILES string of the molecule is [Rh+3].[Rh+3].[Se-2].[Se-2].[Se-2]. The van der Waals surface area contributed by atoms with E-state index in [9.17, 15) is 0 Å². The van der Waals surface area contributed by atoms with Gasteiger partial charge >= 0.3 is 39.0 Å². The van der Waals surface area contributed by atoms with Crippen molar-refractivity contribution in [2.24, 2.45) is 0 Å². The molecule has 0 rings (SSSR count). The Bertz CT molecular complexity index is 4.85. The molecule has 0 aromatic rings. The van der Waals surface area contributed by atoms with Crippen molar-refractivity contribution in [1.82, 2.24) is 0 Å². The molecule has 0 radical (unpaired) electrons. The fraction of sp³-hybridized carbons (Fsp3) is 0. The molecule has 0 aromatic heterocycles. The molecule has 0 aromatic carbocycles. The first kappa shape index (κ1) is 45.9. The van der Waals surface area contributed by atoms with E-state index in [1.807, 2.05) is 0 Å². The third-order valence-corrected chi connectivity index (χ3v) is 0. The molecule has 5 heteroatoms. The maximum absolute atomic E-state index is 0. The standard InChI is InChI=1S/2Rh.3Se/q2*+3;3*-2. The zero-order chi connectivity index (χ0) is 0. The van der Waals surface area contributed by atoms with Crippen molar-refractivity contribution in [3.63, 3.8) is 0 Å². The molecule has 36 valence electrons. The molecule has 0 aliphatic rings. The van der Waals surface area contributed by atoms with E-state index in [0.29, 0.717) is 0 Å². The maximum Gasteiger partial charge on any atom is 3.00 e. The summed E-state index contributed by atoms with van der Waals surface area (Å²) in [5.41, 5.74) is 0. The smallest absolute Gasteiger partial charge is 2.00 e. The van der Waals surface area contributed by atoms with Gasteiger partial charge in [-0.3, -0.25) is 0 Å². The van der Waals surface area contributed by atoms with Crippen LogP contribution >= 0.6 is 0 Å². The van der Waals surface area contributed by atoms with Gasteiger partial charge in [-0.25, -0.2) is 0 Å². The summed E-state index contributed by atoms with van der Waals surface area (Å²) >= 11 is 0. The summed E-state index contributed by atoms with van der Waals surface area (Å²) < 4.78 is 0. The van der Waals surface area contributed by atoms with Gasteiger partial charge in [0.15, 0.2) is 0 Å². The largest absolute Gasteiger partial charge is 3.00 e. The molecular formula is Rh2Se3. The summed E-state index contributed by atoms with van der Waals surface area (Å²) in [6.45, 7) is 0. The van der Waals surface area contributed by atoms with Gasteiger partial charge in [-0.1, -0.05) is 0 Å². The summed E-state index contributed by atoms with van der Waals surface area (Å²) in [5, 5.41) is 0. The van der Waals surface area contributed by atoms with E-state index in [0.717, 1.165) is 0 Å². The van der Waals surface area contributed by atoms with Gasteiger partial charge in [0.2, 0.25) is 0 Å². The summed E-state index contributed by atoms with van der Waals surface area (Å²) in [4.78, 5) is 0. The zero-order valence-corrected chi connectivity index (χ0v) is 10.3. The normalized spacial score (nSPS) is 0. The first-order valence-corrected chi connectivity index (χ1v) is 0. The summed E-state index contributed by atoms with van der Waals surface area (Å²) in [6, 6.07) is 0. The topological polar surface area (TPSA) is 0 Å². The second-order valence-electron chi connectivity index (χ2n) is 0. The van der Waals surface area contributed by atoms with Gasteiger partial charge in [0.25, 0.3) is 0 Å². The molecule has 0 unspecified atom stereocenters. The van der Waals surface area contributed by atoms with Crippen molar-refractivity contribution in [2.45, 2.75) is 0 Å². The average molecular weight is 443 g/mol. The predicted octanol–water partition coefficient (Wildman–Crippen LogP) is -1.15. The Kier molecular flexibility index (Phi) is 268. The minimum absolute atomic E-state index is 0. The molecular weight excluding hydrogens is 443 g/mol. The Morgan fingerprint density at radius 1 is 0.400 bits per heavy atom. The second-order valence-corrected chi connectivity index (χ2v) is 0. The van der Waals surface area contributed by atoms with E-state index >= 15 is 0 Å². The second kappa shape index (κ2) is 29.1. The Balaban J connectivity index is 0. The molecule has 0 fully saturated rings. The first-order valence-electron chi connectivity index (χ1n) is 0. The van der Waals surface area contributed by atoms with Crippen LogP contribution in [-0.2, 0) is 39.0 Å². The van der Waals surface area contributed by atoms with E-state index in [1.165, 1.54) is 0 Å². The molecule has 0 aliphatic carbocycles. The van der Waals surface area contributed by atoms with Gasteiger partial charge in [-0.15, -0.1) is 0 Å². The van der Waals surface area contributed by atoms with E-state index in [4.69, 9.17) is 0 Å². The van der Waals surface area contributed by atoms with Gasteiger partial charge in [0.1, 0.15) is 0 Å². The van der Waals surface area contributed by atoms with Gasteiger partial charge in [-0.05, 0) is 0 Å². The van der Waals surface area contributed by atoms with E-state index < -0.39 is 0 Å². The van der Waals surface area contributed by atoms with Gasteiger partial charge in [0, 0.05) is 0 Å². The van der Waals surface area contributed by atoms with Crippen LogP contribution in [0.15, 0.2) is 0 Å². The Labute approximate surface area is 88.9 Å². The van der Waals surface area contributed by atoms with Gasteiger partial charge in [-0.2, -0.15) is 0 Å². The van der Waals surface area contributed by atoms with Crippen molar-refractivity contribution in [3.05, 3.63) is 0 Å². The van der Waals surface area contributed by atoms with Crippen LogP contribution < -0.4 is 0 Å². The molecule has 0 amide bonds. The minimum Gasteiger partial charge on any atom is -2.00 e. The molecule has 5 heavy (non-hydrogen) atoms. The molecule has 0 atom stereocenters. The molecule has 0 nitrogen and oxygen atoms in total. The van der Waals surface area contributed by atoms with Crippen LogP contribution in [-0.4, -0.2) is 51.2 Å². The molecule has 0 saturated carbocycles. The molecule has 0 spiro atoms. The van der Waals surface area contributed by atoms with Gasteiger partial charge < -0.3 is 51.2 Å². The van der Waals surface area contributed by atoms with Crippen molar-refractivity contribution in [2.75, 3.05) is 0 Å². The van der Waals surface area contributed by atoms with E-state index in [-0.39, 0.29) is 90.2 Å². The van der Waals surface area contributed by atoms with Crippen LogP contribution in [0.25, 0.3) is 0 Å². The van der Waals surface area contributed by atoms with Crippen molar-refractivity contribution in [3.8, 4) is 0 Å². The predicted molar refractivity (Wildman–Crippen MR) is 17.3 cm³/mol. The van der Waals surface area contributed by atoms with E-state index in [1.54, 1.807) is 0 Å². The first-order chi connectivity index (χ1) is 0. The molecule has 0 heterocycles. The van der Waals surface area contributed by atoms with Crippen LogP contribution in [0.3, 0.4) is 0 Å². The van der Waals surface area contributed by atoms with Crippen LogP contribution in [0.1, 0.15) is 0 Å². The third kappa shape index (κ3) is 20.0. The Morgan fingerprint density at radius 3 is 0.400 bits per heavy atom.